The first-order valence-corrected chi connectivity index (χ1v) is 9.49. The van der Waals surface area contributed by atoms with Crippen molar-refractivity contribution in [3.63, 3.8) is 0 Å². The lowest BCUT2D eigenvalue weighted by Gasteiger charge is -2.11. The van der Waals surface area contributed by atoms with Gasteiger partial charge in [0.2, 0.25) is 5.95 Å². The van der Waals surface area contributed by atoms with Gasteiger partial charge in [0, 0.05) is 41.7 Å². The van der Waals surface area contributed by atoms with Crippen LogP contribution in [0.4, 0.5) is 27.5 Å². The number of ether oxygens (including phenoxy) is 2. The zero-order chi connectivity index (χ0) is 20.9. The largest absolute Gasteiger partial charge is 0.491 e. The van der Waals surface area contributed by atoms with Crippen LogP contribution in [0.1, 0.15) is 5.69 Å². The van der Waals surface area contributed by atoms with E-state index in [0.717, 1.165) is 16.9 Å². The van der Waals surface area contributed by atoms with Gasteiger partial charge in [-0.25, -0.2) is 9.37 Å². The molecule has 0 aliphatic rings. The normalized spacial score (nSPS) is 10.9. The lowest BCUT2D eigenvalue weighted by molar-refractivity contribution is 0.146. The molecule has 0 atom stereocenters. The molecule has 8 heteroatoms. The Balaban J connectivity index is 1.49. The predicted octanol–water partition coefficient (Wildman–Crippen LogP) is 4.92. The summed E-state index contributed by atoms with van der Waals surface area (Å²) in [6.45, 7) is 2.87. The average Bonchev–Trinajstić information content (AvgIpc) is 3.12. The first-order valence-electron chi connectivity index (χ1n) is 9.49. The second kappa shape index (κ2) is 8.79. The molecule has 2 heterocycles. The molecule has 0 fully saturated rings. The molecule has 0 radical (unpaired) electrons. The zero-order valence-electron chi connectivity index (χ0n) is 16.7. The maximum atomic E-state index is 14.8. The molecule has 0 spiro atoms. The molecule has 154 valence electrons. The number of fused-ring (bicyclic) bond motifs is 1. The summed E-state index contributed by atoms with van der Waals surface area (Å²) < 4.78 is 25.4. The van der Waals surface area contributed by atoms with Crippen molar-refractivity contribution in [3.05, 3.63) is 66.2 Å². The number of aromatic amines is 1. The fourth-order valence-corrected chi connectivity index (χ4v) is 3.07. The van der Waals surface area contributed by atoms with E-state index in [1.807, 2.05) is 37.3 Å². The van der Waals surface area contributed by atoms with Crippen LogP contribution in [-0.4, -0.2) is 35.3 Å². The van der Waals surface area contributed by atoms with E-state index in [-0.39, 0.29) is 5.82 Å². The molecule has 2 aromatic heterocycles. The average molecular weight is 407 g/mol. The summed E-state index contributed by atoms with van der Waals surface area (Å²) in [7, 11) is 1.63. The summed E-state index contributed by atoms with van der Waals surface area (Å²) >= 11 is 0. The predicted molar refractivity (Wildman–Crippen MR) is 115 cm³/mol. The number of H-pyrrole nitrogens is 1. The number of nitrogens with one attached hydrogen (secondary N) is 3. The summed E-state index contributed by atoms with van der Waals surface area (Å²) in [6, 6.07) is 14.4. The standard InChI is InChI=1S/C22H22FN5O2/c1-14-12-17-18(25-14)6-7-19(21(17)23)27-20-8-9-24-22(28-20)26-15-4-3-5-16(13-15)30-11-10-29-2/h3-9,12-13,25H,10-11H2,1-2H3,(H2,24,26,27,28). The van der Waals surface area contributed by atoms with Crippen molar-refractivity contribution in [1.82, 2.24) is 15.0 Å². The number of anilines is 4. The number of aromatic nitrogens is 3. The van der Waals surface area contributed by atoms with E-state index in [0.29, 0.717) is 41.8 Å². The second-order valence-corrected chi connectivity index (χ2v) is 6.73. The first kappa shape index (κ1) is 19.7. The van der Waals surface area contributed by atoms with Gasteiger partial charge in [0.25, 0.3) is 0 Å². The molecule has 4 rings (SSSR count). The lowest BCUT2D eigenvalue weighted by Crippen LogP contribution is -2.05. The van der Waals surface area contributed by atoms with E-state index in [4.69, 9.17) is 9.47 Å². The highest BCUT2D eigenvalue weighted by molar-refractivity contribution is 5.85. The van der Waals surface area contributed by atoms with E-state index in [1.165, 1.54) is 0 Å². The maximum Gasteiger partial charge on any atom is 0.229 e. The summed E-state index contributed by atoms with van der Waals surface area (Å²) in [4.78, 5) is 11.8. The topological polar surface area (TPSA) is 84.1 Å². The molecular weight excluding hydrogens is 385 g/mol. The molecule has 7 nitrogen and oxygen atoms in total. The molecular formula is C22H22FN5O2. The van der Waals surface area contributed by atoms with Gasteiger partial charge in [-0.15, -0.1) is 0 Å². The summed E-state index contributed by atoms with van der Waals surface area (Å²) in [5, 5.41) is 6.70. The van der Waals surface area contributed by atoms with E-state index >= 15 is 0 Å². The van der Waals surface area contributed by atoms with Gasteiger partial charge in [-0.3, -0.25) is 0 Å². The SMILES string of the molecule is COCCOc1cccc(Nc2nccc(Nc3ccc4[nH]c(C)cc4c3F)n2)c1. The molecule has 0 unspecified atom stereocenters. The Morgan fingerprint density at radius 3 is 2.83 bits per heavy atom. The molecule has 0 saturated carbocycles. The number of rotatable bonds is 8. The highest BCUT2D eigenvalue weighted by Crippen LogP contribution is 2.27. The Hall–Kier alpha value is -3.65. The van der Waals surface area contributed by atoms with Gasteiger partial charge in [-0.1, -0.05) is 6.07 Å². The Morgan fingerprint density at radius 1 is 1.07 bits per heavy atom. The van der Waals surface area contributed by atoms with Crippen LogP contribution >= 0.6 is 0 Å². The number of hydrogen-bond donors (Lipinski definition) is 3. The van der Waals surface area contributed by atoms with Crippen molar-refractivity contribution in [1.29, 1.82) is 0 Å². The van der Waals surface area contributed by atoms with Gasteiger partial charge in [0.1, 0.15) is 18.2 Å². The third-order valence-corrected chi connectivity index (χ3v) is 4.44. The number of benzene rings is 2. The highest BCUT2D eigenvalue weighted by Gasteiger charge is 2.10. The van der Waals surface area contributed by atoms with Crippen LogP contribution in [0, 0.1) is 12.7 Å². The number of halogens is 1. The van der Waals surface area contributed by atoms with Crippen molar-refractivity contribution in [2.45, 2.75) is 6.92 Å². The van der Waals surface area contributed by atoms with E-state index in [9.17, 15) is 4.39 Å². The van der Waals surface area contributed by atoms with Gasteiger partial charge in [0.05, 0.1) is 12.3 Å². The van der Waals surface area contributed by atoms with Crippen molar-refractivity contribution in [2.75, 3.05) is 31.0 Å². The molecule has 4 aromatic rings. The maximum absolute atomic E-state index is 14.8. The van der Waals surface area contributed by atoms with Crippen molar-refractivity contribution >= 4 is 34.0 Å². The van der Waals surface area contributed by atoms with Gasteiger partial charge in [0.15, 0.2) is 5.82 Å². The Morgan fingerprint density at radius 2 is 1.97 bits per heavy atom. The minimum Gasteiger partial charge on any atom is -0.491 e. The van der Waals surface area contributed by atoms with E-state index < -0.39 is 0 Å². The summed E-state index contributed by atoms with van der Waals surface area (Å²) in [5.74, 6) is 1.24. The highest BCUT2D eigenvalue weighted by atomic mass is 19.1. The van der Waals surface area contributed by atoms with Crippen molar-refractivity contribution < 1.29 is 13.9 Å². The van der Waals surface area contributed by atoms with Gasteiger partial charge in [-0.05, 0) is 43.3 Å². The minimum absolute atomic E-state index is 0.328. The van der Waals surface area contributed by atoms with Gasteiger partial charge >= 0.3 is 0 Å². The van der Waals surface area contributed by atoms with Crippen LogP contribution in [-0.2, 0) is 4.74 Å². The molecule has 0 aliphatic heterocycles. The first-order chi connectivity index (χ1) is 14.6. The van der Waals surface area contributed by atoms with Crippen LogP contribution in [0.2, 0.25) is 0 Å². The summed E-state index contributed by atoms with van der Waals surface area (Å²) in [5.41, 5.74) is 2.79. The minimum atomic E-state index is -0.328. The molecule has 0 bridgehead atoms. The van der Waals surface area contributed by atoms with Crippen LogP contribution in [0.5, 0.6) is 5.75 Å². The second-order valence-electron chi connectivity index (χ2n) is 6.73. The zero-order valence-corrected chi connectivity index (χ0v) is 16.7. The fourth-order valence-electron chi connectivity index (χ4n) is 3.07. The molecule has 0 aliphatic carbocycles. The van der Waals surface area contributed by atoms with Crippen LogP contribution in [0.25, 0.3) is 10.9 Å². The van der Waals surface area contributed by atoms with Crippen molar-refractivity contribution in [2.24, 2.45) is 0 Å². The number of hydrogen-bond acceptors (Lipinski definition) is 6. The molecule has 3 N–H and O–H groups in total. The van der Waals surface area contributed by atoms with Crippen LogP contribution in [0.15, 0.2) is 54.7 Å². The number of methoxy groups -OCH3 is 1. The van der Waals surface area contributed by atoms with Gasteiger partial charge < -0.3 is 25.1 Å². The van der Waals surface area contributed by atoms with Gasteiger partial charge in [-0.2, -0.15) is 4.98 Å². The van der Waals surface area contributed by atoms with E-state index in [2.05, 4.69) is 25.6 Å². The van der Waals surface area contributed by atoms with Crippen LogP contribution < -0.4 is 15.4 Å². The molecule has 30 heavy (non-hydrogen) atoms. The van der Waals surface area contributed by atoms with Crippen molar-refractivity contribution in [3.8, 4) is 5.75 Å². The third-order valence-electron chi connectivity index (χ3n) is 4.44. The smallest absolute Gasteiger partial charge is 0.229 e. The number of nitrogens with zero attached hydrogens (tertiary/aromatic N) is 2. The third kappa shape index (κ3) is 4.49. The Kier molecular flexibility index (Phi) is 5.76. The number of aryl methyl sites for hydroxylation is 1. The molecule has 2 aromatic carbocycles. The van der Waals surface area contributed by atoms with E-state index in [1.54, 1.807) is 31.5 Å². The summed E-state index contributed by atoms with van der Waals surface area (Å²) in [6.07, 6.45) is 1.60. The lowest BCUT2D eigenvalue weighted by atomic mass is 10.2. The Labute approximate surface area is 173 Å². The van der Waals surface area contributed by atoms with Crippen LogP contribution in [0.3, 0.4) is 0 Å². The Bertz CT molecular complexity index is 1160. The quantitative estimate of drug-likeness (QED) is 0.360. The monoisotopic (exact) mass is 407 g/mol. The molecule has 0 saturated heterocycles. The molecule has 0 amide bonds. The fraction of sp³-hybridized carbons (Fsp3) is 0.182.